The molecule has 0 spiro atoms. The van der Waals surface area contributed by atoms with Crippen LogP contribution in [-0.4, -0.2) is 22.4 Å². The number of carbonyl (C=O) groups excluding carboxylic acids is 1. The summed E-state index contributed by atoms with van der Waals surface area (Å²) < 4.78 is 0. The summed E-state index contributed by atoms with van der Waals surface area (Å²) in [5, 5.41) is 3.00. The van der Waals surface area contributed by atoms with Crippen molar-refractivity contribution >= 4 is 24.0 Å². The molecule has 2 aromatic rings. The van der Waals surface area contributed by atoms with E-state index in [1.807, 2.05) is 51.1 Å². The Bertz CT molecular complexity index is 678. The van der Waals surface area contributed by atoms with E-state index in [1.165, 1.54) is 0 Å². The summed E-state index contributed by atoms with van der Waals surface area (Å²) in [6.45, 7) is 6.19. The molecule has 3 N–H and O–H groups in total. The molecule has 0 aliphatic heterocycles. The van der Waals surface area contributed by atoms with Crippen molar-refractivity contribution < 1.29 is 4.79 Å². The van der Waals surface area contributed by atoms with Crippen LogP contribution in [0.3, 0.4) is 0 Å². The SMILES string of the molecule is CCC(CC)(CN)C(=O)Nc1cccc(-c2ccnc(C)n2)c1.Cl. The molecule has 0 radical (unpaired) electrons. The van der Waals surface area contributed by atoms with E-state index < -0.39 is 5.41 Å². The van der Waals surface area contributed by atoms with Crippen molar-refractivity contribution in [3.8, 4) is 11.3 Å². The number of hydrogen-bond acceptors (Lipinski definition) is 4. The summed E-state index contributed by atoms with van der Waals surface area (Å²) in [4.78, 5) is 21.1. The molecule has 0 saturated heterocycles. The van der Waals surface area contributed by atoms with Gasteiger partial charge >= 0.3 is 0 Å². The van der Waals surface area contributed by atoms with Gasteiger partial charge in [0.05, 0.1) is 11.1 Å². The van der Waals surface area contributed by atoms with Gasteiger partial charge in [-0.1, -0.05) is 26.0 Å². The average molecular weight is 349 g/mol. The van der Waals surface area contributed by atoms with Crippen molar-refractivity contribution in [2.75, 3.05) is 11.9 Å². The highest BCUT2D eigenvalue weighted by Gasteiger charge is 2.33. The standard InChI is InChI=1S/C18H24N4O.ClH/c1-4-18(5-2,12-19)17(23)22-15-8-6-7-14(11-15)16-9-10-20-13(3)21-16;/h6-11H,4-5,12,19H2,1-3H3,(H,22,23);1H. The molecule has 0 atom stereocenters. The van der Waals surface area contributed by atoms with Gasteiger partial charge in [0.25, 0.3) is 0 Å². The maximum Gasteiger partial charge on any atom is 0.231 e. The number of rotatable bonds is 6. The first kappa shape index (κ1) is 20.1. The summed E-state index contributed by atoms with van der Waals surface area (Å²) >= 11 is 0. The Labute approximate surface area is 149 Å². The molecular formula is C18H25ClN4O. The summed E-state index contributed by atoms with van der Waals surface area (Å²) in [6.07, 6.45) is 3.17. The Morgan fingerprint density at radius 3 is 2.54 bits per heavy atom. The molecule has 1 heterocycles. The lowest BCUT2D eigenvalue weighted by atomic mass is 9.81. The Morgan fingerprint density at radius 1 is 1.25 bits per heavy atom. The van der Waals surface area contributed by atoms with Crippen molar-refractivity contribution in [3.05, 3.63) is 42.4 Å². The average Bonchev–Trinajstić information content (AvgIpc) is 2.57. The van der Waals surface area contributed by atoms with Crippen LogP contribution < -0.4 is 11.1 Å². The maximum absolute atomic E-state index is 12.6. The number of amides is 1. The first-order valence-electron chi connectivity index (χ1n) is 7.96. The monoisotopic (exact) mass is 348 g/mol. The van der Waals surface area contributed by atoms with Crippen LogP contribution in [0.5, 0.6) is 0 Å². The summed E-state index contributed by atoms with van der Waals surface area (Å²) in [5.41, 5.74) is 7.87. The van der Waals surface area contributed by atoms with Gasteiger partial charge in [-0.05, 0) is 38.0 Å². The molecule has 0 aliphatic rings. The minimum atomic E-state index is -0.512. The quantitative estimate of drug-likeness (QED) is 0.836. The van der Waals surface area contributed by atoms with Crippen LogP contribution in [0.25, 0.3) is 11.3 Å². The summed E-state index contributed by atoms with van der Waals surface area (Å²) in [7, 11) is 0. The van der Waals surface area contributed by atoms with Gasteiger partial charge in [0.2, 0.25) is 5.91 Å². The minimum absolute atomic E-state index is 0. The van der Waals surface area contributed by atoms with Crippen molar-refractivity contribution in [2.24, 2.45) is 11.1 Å². The van der Waals surface area contributed by atoms with Gasteiger partial charge < -0.3 is 11.1 Å². The Morgan fingerprint density at radius 2 is 1.96 bits per heavy atom. The number of aromatic nitrogens is 2. The van der Waals surface area contributed by atoms with E-state index in [9.17, 15) is 4.79 Å². The molecule has 0 saturated carbocycles. The zero-order valence-corrected chi connectivity index (χ0v) is 15.2. The van der Waals surface area contributed by atoms with Crippen LogP contribution in [0.4, 0.5) is 5.69 Å². The number of hydrogen-bond donors (Lipinski definition) is 2. The normalized spacial score (nSPS) is 10.8. The van der Waals surface area contributed by atoms with Gasteiger partial charge in [-0.25, -0.2) is 9.97 Å². The molecule has 1 amide bonds. The number of nitrogens with two attached hydrogens (primary N) is 1. The second kappa shape index (κ2) is 8.76. The van der Waals surface area contributed by atoms with Gasteiger partial charge in [0.1, 0.15) is 5.82 Å². The van der Waals surface area contributed by atoms with E-state index in [-0.39, 0.29) is 18.3 Å². The van der Waals surface area contributed by atoms with Crippen molar-refractivity contribution in [3.63, 3.8) is 0 Å². The Hall–Kier alpha value is -1.98. The minimum Gasteiger partial charge on any atom is -0.329 e. The number of aryl methyl sites for hydroxylation is 1. The first-order valence-corrected chi connectivity index (χ1v) is 7.96. The molecular weight excluding hydrogens is 324 g/mol. The van der Waals surface area contributed by atoms with Crippen LogP contribution in [0, 0.1) is 12.3 Å². The van der Waals surface area contributed by atoms with E-state index in [4.69, 9.17) is 5.73 Å². The molecule has 0 unspecified atom stereocenters. The number of nitrogens with zero attached hydrogens (tertiary/aromatic N) is 2. The lowest BCUT2D eigenvalue weighted by Crippen LogP contribution is -2.41. The fourth-order valence-electron chi connectivity index (χ4n) is 2.59. The van der Waals surface area contributed by atoms with Crippen LogP contribution in [0.2, 0.25) is 0 Å². The van der Waals surface area contributed by atoms with Crippen LogP contribution >= 0.6 is 12.4 Å². The molecule has 6 heteroatoms. The highest BCUT2D eigenvalue weighted by Crippen LogP contribution is 2.28. The van der Waals surface area contributed by atoms with E-state index in [0.29, 0.717) is 6.54 Å². The lowest BCUT2D eigenvalue weighted by Gasteiger charge is -2.28. The summed E-state index contributed by atoms with van der Waals surface area (Å²) in [6, 6.07) is 9.53. The Kier molecular flexibility index (Phi) is 7.32. The molecule has 5 nitrogen and oxygen atoms in total. The highest BCUT2D eigenvalue weighted by molar-refractivity contribution is 5.96. The predicted octanol–water partition coefficient (Wildman–Crippen LogP) is 3.58. The number of anilines is 1. The molecule has 1 aromatic heterocycles. The molecule has 24 heavy (non-hydrogen) atoms. The first-order chi connectivity index (χ1) is 11.0. The Balaban J connectivity index is 0.00000288. The maximum atomic E-state index is 12.6. The zero-order chi connectivity index (χ0) is 16.9. The zero-order valence-electron chi connectivity index (χ0n) is 14.4. The number of carbonyl (C=O) groups is 1. The van der Waals surface area contributed by atoms with E-state index in [2.05, 4.69) is 15.3 Å². The molecule has 2 rings (SSSR count). The lowest BCUT2D eigenvalue weighted by molar-refractivity contribution is -0.125. The molecule has 0 bridgehead atoms. The van der Waals surface area contributed by atoms with Crippen LogP contribution in [-0.2, 0) is 4.79 Å². The molecule has 130 valence electrons. The fourth-order valence-corrected chi connectivity index (χ4v) is 2.59. The summed E-state index contributed by atoms with van der Waals surface area (Å²) in [5.74, 6) is 0.692. The van der Waals surface area contributed by atoms with Gasteiger partial charge in [0.15, 0.2) is 0 Å². The smallest absolute Gasteiger partial charge is 0.231 e. The van der Waals surface area contributed by atoms with Gasteiger partial charge in [0, 0.05) is 24.0 Å². The topological polar surface area (TPSA) is 80.9 Å². The number of halogens is 1. The van der Waals surface area contributed by atoms with E-state index in [1.54, 1.807) is 6.20 Å². The fraction of sp³-hybridized carbons (Fsp3) is 0.389. The molecule has 0 aliphatic carbocycles. The third-order valence-corrected chi connectivity index (χ3v) is 4.42. The van der Waals surface area contributed by atoms with Crippen molar-refractivity contribution in [1.29, 1.82) is 0 Å². The van der Waals surface area contributed by atoms with Crippen LogP contribution in [0.15, 0.2) is 36.5 Å². The number of nitrogens with one attached hydrogen (secondary N) is 1. The largest absolute Gasteiger partial charge is 0.329 e. The third kappa shape index (κ3) is 4.30. The number of benzene rings is 1. The van der Waals surface area contributed by atoms with E-state index in [0.717, 1.165) is 35.6 Å². The van der Waals surface area contributed by atoms with Gasteiger partial charge in [-0.2, -0.15) is 0 Å². The molecule has 0 fully saturated rings. The predicted molar refractivity (Wildman–Crippen MR) is 100 cm³/mol. The van der Waals surface area contributed by atoms with Gasteiger partial charge in [-0.3, -0.25) is 4.79 Å². The second-order valence-electron chi connectivity index (χ2n) is 5.72. The van der Waals surface area contributed by atoms with Crippen LogP contribution in [0.1, 0.15) is 32.5 Å². The highest BCUT2D eigenvalue weighted by atomic mass is 35.5. The van der Waals surface area contributed by atoms with Crippen molar-refractivity contribution in [1.82, 2.24) is 9.97 Å². The second-order valence-corrected chi connectivity index (χ2v) is 5.72. The van der Waals surface area contributed by atoms with E-state index >= 15 is 0 Å². The molecule has 1 aromatic carbocycles. The van der Waals surface area contributed by atoms with Crippen molar-refractivity contribution in [2.45, 2.75) is 33.6 Å². The third-order valence-electron chi connectivity index (χ3n) is 4.42. The van der Waals surface area contributed by atoms with Gasteiger partial charge in [-0.15, -0.1) is 12.4 Å².